The first-order valence-electron chi connectivity index (χ1n) is 8.28. The largest absolute Gasteiger partial charge is 0.274 e. The van der Waals surface area contributed by atoms with Crippen LogP contribution in [0.1, 0.15) is 31.2 Å². The van der Waals surface area contributed by atoms with Crippen molar-refractivity contribution >= 4 is 29.1 Å². The minimum atomic E-state index is -0.137. The van der Waals surface area contributed by atoms with Gasteiger partial charge in [0.05, 0.1) is 30.3 Å². The topological polar surface area (TPSA) is 55.2 Å². The van der Waals surface area contributed by atoms with Crippen molar-refractivity contribution in [3.8, 4) is 0 Å². The molecule has 2 amide bonds. The van der Waals surface area contributed by atoms with Crippen LogP contribution in [-0.2, 0) is 16.1 Å². The molecule has 0 bridgehead atoms. The van der Waals surface area contributed by atoms with Crippen LogP contribution in [0, 0.1) is 11.8 Å². The highest BCUT2D eigenvalue weighted by Crippen LogP contribution is 2.39. The van der Waals surface area contributed by atoms with Gasteiger partial charge >= 0.3 is 0 Å². The molecule has 4 rings (SSSR count). The van der Waals surface area contributed by atoms with E-state index in [-0.39, 0.29) is 23.7 Å². The summed E-state index contributed by atoms with van der Waals surface area (Å²) in [4.78, 5) is 26.6. The molecule has 0 radical (unpaired) electrons. The van der Waals surface area contributed by atoms with Crippen LogP contribution in [0.5, 0.6) is 0 Å². The van der Waals surface area contributed by atoms with Gasteiger partial charge in [0.2, 0.25) is 11.8 Å². The second kappa shape index (κ2) is 6.06. The summed E-state index contributed by atoms with van der Waals surface area (Å²) in [6, 6.07) is 7.56. The molecule has 124 valence electrons. The highest BCUT2D eigenvalue weighted by atomic mass is 35.5. The number of anilines is 1. The maximum absolute atomic E-state index is 12.6. The summed E-state index contributed by atoms with van der Waals surface area (Å²) in [6.45, 7) is 0.545. The van der Waals surface area contributed by atoms with Gasteiger partial charge < -0.3 is 0 Å². The third-order valence-corrected chi connectivity index (χ3v) is 5.19. The Morgan fingerprint density at radius 3 is 2.50 bits per heavy atom. The highest BCUT2D eigenvalue weighted by molar-refractivity contribution is 6.30. The smallest absolute Gasteiger partial charge is 0.237 e. The summed E-state index contributed by atoms with van der Waals surface area (Å²) in [7, 11) is 0. The number of amides is 2. The van der Waals surface area contributed by atoms with Gasteiger partial charge in [0.25, 0.3) is 0 Å². The third kappa shape index (κ3) is 2.63. The number of hydrogen-bond acceptors (Lipinski definition) is 3. The molecule has 1 saturated heterocycles. The van der Waals surface area contributed by atoms with E-state index in [9.17, 15) is 9.59 Å². The molecule has 0 spiro atoms. The van der Waals surface area contributed by atoms with Gasteiger partial charge in [-0.05, 0) is 30.5 Å². The van der Waals surface area contributed by atoms with Crippen LogP contribution >= 0.6 is 11.6 Å². The lowest BCUT2D eigenvalue weighted by molar-refractivity contribution is -0.122. The van der Waals surface area contributed by atoms with Crippen LogP contribution in [0.2, 0.25) is 5.02 Å². The molecule has 5 nitrogen and oxygen atoms in total. The second-order valence-electron chi connectivity index (χ2n) is 6.54. The molecular weight excluding hydrogens is 326 g/mol. The number of imide groups is 1. The Bertz CT molecular complexity index is 777. The fraction of sp³-hybridized carbons (Fsp3) is 0.389. The quantitative estimate of drug-likeness (QED) is 0.804. The maximum Gasteiger partial charge on any atom is 0.237 e. The number of carbonyl (C=O) groups excluding carboxylic acids is 2. The van der Waals surface area contributed by atoms with E-state index in [1.807, 2.05) is 24.3 Å². The molecule has 2 aliphatic rings. The van der Waals surface area contributed by atoms with E-state index in [1.165, 1.54) is 4.90 Å². The molecule has 2 fully saturated rings. The van der Waals surface area contributed by atoms with Crippen LogP contribution < -0.4 is 4.90 Å². The first-order chi connectivity index (χ1) is 11.6. The molecule has 1 saturated carbocycles. The Morgan fingerprint density at radius 1 is 1.12 bits per heavy atom. The molecule has 1 aliphatic heterocycles. The predicted molar refractivity (Wildman–Crippen MR) is 90.7 cm³/mol. The highest BCUT2D eigenvalue weighted by Gasteiger charge is 2.49. The summed E-state index contributed by atoms with van der Waals surface area (Å²) >= 11 is 6.00. The van der Waals surface area contributed by atoms with E-state index in [2.05, 4.69) is 5.10 Å². The zero-order valence-corrected chi connectivity index (χ0v) is 13.9. The Labute approximate surface area is 145 Å². The van der Waals surface area contributed by atoms with Gasteiger partial charge in [-0.2, -0.15) is 5.10 Å². The Kier molecular flexibility index (Phi) is 3.88. The molecule has 1 aromatic carbocycles. The van der Waals surface area contributed by atoms with E-state index >= 15 is 0 Å². The molecular formula is C18H18ClN3O2. The van der Waals surface area contributed by atoms with Crippen LogP contribution in [0.4, 0.5) is 5.69 Å². The van der Waals surface area contributed by atoms with Crippen LogP contribution in [0.25, 0.3) is 0 Å². The fourth-order valence-corrected chi connectivity index (χ4v) is 4.01. The van der Waals surface area contributed by atoms with Crippen LogP contribution in [-0.4, -0.2) is 21.6 Å². The number of benzene rings is 1. The first-order valence-corrected chi connectivity index (χ1v) is 8.66. The molecule has 1 aliphatic carbocycles. The van der Waals surface area contributed by atoms with E-state index in [0.29, 0.717) is 17.3 Å². The molecule has 6 heteroatoms. The first kappa shape index (κ1) is 15.4. The number of nitrogens with zero attached hydrogens (tertiary/aromatic N) is 3. The van der Waals surface area contributed by atoms with E-state index < -0.39 is 0 Å². The SMILES string of the molecule is O=C1[C@H]2CCCC[C@H]2C(=O)N1c1cnn(Cc2cccc(Cl)c2)c1. The van der Waals surface area contributed by atoms with Crippen molar-refractivity contribution < 1.29 is 9.59 Å². The summed E-state index contributed by atoms with van der Waals surface area (Å²) < 4.78 is 1.73. The Balaban J connectivity index is 1.56. The van der Waals surface area contributed by atoms with Crippen molar-refractivity contribution in [2.45, 2.75) is 32.2 Å². The number of hydrogen-bond donors (Lipinski definition) is 0. The summed E-state index contributed by atoms with van der Waals surface area (Å²) in [5.41, 5.74) is 1.59. The van der Waals surface area contributed by atoms with Crippen molar-refractivity contribution in [1.82, 2.24) is 9.78 Å². The third-order valence-electron chi connectivity index (χ3n) is 4.95. The van der Waals surface area contributed by atoms with E-state index in [4.69, 9.17) is 11.6 Å². The van der Waals surface area contributed by atoms with Gasteiger partial charge in [0, 0.05) is 11.2 Å². The normalized spacial score (nSPS) is 23.6. The summed E-state index contributed by atoms with van der Waals surface area (Å²) in [6.07, 6.45) is 7.06. The molecule has 2 aromatic rings. The minimum absolute atomic E-state index is 0.0630. The van der Waals surface area contributed by atoms with Crippen molar-refractivity contribution in [3.05, 3.63) is 47.2 Å². The fourth-order valence-electron chi connectivity index (χ4n) is 3.79. The lowest BCUT2D eigenvalue weighted by Gasteiger charge is -2.19. The molecule has 2 heterocycles. The molecule has 0 N–H and O–H groups in total. The van der Waals surface area contributed by atoms with Crippen molar-refractivity contribution in [1.29, 1.82) is 0 Å². The number of rotatable bonds is 3. The number of aromatic nitrogens is 2. The number of carbonyl (C=O) groups is 2. The van der Waals surface area contributed by atoms with Gasteiger partial charge in [-0.1, -0.05) is 36.6 Å². The van der Waals surface area contributed by atoms with Crippen molar-refractivity contribution in [2.75, 3.05) is 4.90 Å². The van der Waals surface area contributed by atoms with E-state index in [0.717, 1.165) is 31.2 Å². The Hall–Kier alpha value is -2.14. The van der Waals surface area contributed by atoms with Crippen molar-refractivity contribution in [2.24, 2.45) is 11.8 Å². The van der Waals surface area contributed by atoms with Crippen molar-refractivity contribution in [3.63, 3.8) is 0 Å². The zero-order valence-electron chi connectivity index (χ0n) is 13.2. The average molecular weight is 344 g/mol. The molecule has 1 aromatic heterocycles. The monoisotopic (exact) mass is 343 g/mol. The van der Waals surface area contributed by atoms with Gasteiger partial charge in [-0.25, -0.2) is 4.90 Å². The van der Waals surface area contributed by atoms with Gasteiger partial charge in [0.15, 0.2) is 0 Å². The molecule has 24 heavy (non-hydrogen) atoms. The molecule has 2 atom stereocenters. The van der Waals surface area contributed by atoms with Gasteiger partial charge in [0.1, 0.15) is 0 Å². The Morgan fingerprint density at radius 2 is 1.83 bits per heavy atom. The average Bonchev–Trinajstić information content (AvgIpc) is 3.11. The lowest BCUT2D eigenvalue weighted by Crippen LogP contribution is -2.30. The predicted octanol–water partition coefficient (Wildman–Crippen LogP) is 3.26. The van der Waals surface area contributed by atoms with Gasteiger partial charge in [-0.3, -0.25) is 14.3 Å². The van der Waals surface area contributed by atoms with Gasteiger partial charge in [-0.15, -0.1) is 0 Å². The van der Waals surface area contributed by atoms with Crippen LogP contribution in [0.3, 0.4) is 0 Å². The second-order valence-corrected chi connectivity index (χ2v) is 6.97. The van der Waals surface area contributed by atoms with E-state index in [1.54, 1.807) is 17.1 Å². The zero-order chi connectivity index (χ0) is 16.7. The lowest BCUT2D eigenvalue weighted by atomic mass is 9.81. The van der Waals surface area contributed by atoms with Crippen LogP contribution in [0.15, 0.2) is 36.7 Å². The molecule has 0 unspecified atom stereocenters. The minimum Gasteiger partial charge on any atom is -0.274 e. The number of fused-ring (bicyclic) bond motifs is 1. The summed E-state index contributed by atoms with van der Waals surface area (Å²) in [5, 5.41) is 4.97. The maximum atomic E-state index is 12.6. The number of halogens is 1. The summed E-state index contributed by atoms with van der Waals surface area (Å²) in [5.74, 6) is -0.399. The standard InChI is InChI=1S/C18H18ClN3O2/c19-13-5-3-4-12(8-13)10-21-11-14(9-20-21)22-17(23)15-6-1-2-7-16(15)18(22)24/h3-5,8-9,11,15-16H,1-2,6-7,10H2/t15-,16+.